The minimum Gasteiger partial charge on any atom is -0.508 e. The number of phenols is 1. The van der Waals surface area contributed by atoms with E-state index < -0.39 is 0 Å². The Kier molecular flexibility index (Phi) is 3.00. The Bertz CT molecular complexity index is 550. The van der Waals surface area contributed by atoms with Crippen molar-refractivity contribution in [1.82, 2.24) is 0 Å². The highest BCUT2D eigenvalue weighted by Crippen LogP contribution is 2.29. The van der Waals surface area contributed by atoms with Gasteiger partial charge in [0.1, 0.15) is 17.3 Å². The molecule has 1 N–H and O–H groups in total. The second kappa shape index (κ2) is 4.45. The van der Waals surface area contributed by atoms with Crippen molar-refractivity contribution >= 4 is 0 Å². The minimum absolute atomic E-state index is 0.211. The fourth-order valence-electron chi connectivity index (χ4n) is 1.68. The van der Waals surface area contributed by atoms with Crippen LogP contribution in [0.5, 0.6) is 11.5 Å². The molecule has 0 fully saturated rings. The molecule has 0 saturated heterocycles. The van der Waals surface area contributed by atoms with Gasteiger partial charge in [-0.3, -0.25) is 0 Å². The molecule has 0 bridgehead atoms. The molecular formula is C14H13FO2. The first kappa shape index (κ1) is 11.5. The average molecular weight is 232 g/mol. The quantitative estimate of drug-likeness (QED) is 0.858. The van der Waals surface area contributed by atoms with Crippen molar-refractivity contribution in [3.8, 4) is 22.6 Å². The molecule has 0 atom stereocenters. The first-order valence-corrected chi connectivity index (χ1v) is 5.25. The molecule has 0 amide bonds. The zero-order valence-corrected chi connectivity index (χ0v) is 9.70. The van der Waals surface area contributed by atoms with E-state index in [1.165, 1.54) is 13.2 Å². The van der Waals surface area contributed by atoms with Crippen molar-refractivity contribution in [2.45, 2.75) is 6.92 Å². The van der Waals surface area contributed by atoms with E-state index in [1.54, 1.807) is 37.3 Å². The van der Waals surface area contributed by atoms with Gasteiger partial charge in [0.05, 0.1) is 7.11 Å². The number of benzene rings is 2. The molecule has 0 radical (unpaired) electrons. The Morgan fingerprint density at radius 3 is 2.47 bits per heavy atom. The zero-order chi connectivity index (χ0) is 12.4. The summed E-state index contributed by atoms with van der Waals surface area (Å²) in [6.07, 6.45) is 0. The van der Waals surface area contributed by atoms with Crippen molar-refractivity contribution in [3.63, 3.8) is 0 Å². The first-order chi connectivity index (χ1) is 8.11. The van der Waals surface area contributed by atoms with E-state index in [2.05, 4.69) is 0 Å². The van der Waals surface area contributed by atoms with Crippen LogP contribution in [0.3, 0.4) is 0 Å². The highest BCUT2D eigenvalue weighted by molar-refractivity contribution is 5.66. The van der Waals surface area contributed by atoms with Crippen molar-refractivity contribution in [3.05, 3.63) is 47.8 Å². The lowest BCUT2D eigenvalue weighted by Crippen LogP contribution is -1.88. The van der Waals surface area contributed by atoms with Crippen LogP contribution in [0.25, 0.3) is 11.1 Å². The highest BCUT2D eigenvalue weighted by Gasteiger charge is 2.07. The second-order valence-corrected chi connectivity index (χ2v) is 3.85. The number of methoxy groups -OCH3 is 1. The molecule has 2 aromatic rings. The molecule has 0 saturated carbocycles. The molecule has 0 spiro atoms. The Balaban J connectivity index is 2.49. The van der Waals surface area contributed by atoms with E-state index in [1.807, 2.05) is 0 Å². The fourth-order valence-corrected chi connectivity index (χ4v) is 1.68. The third-order valence-corrected chi connectivity index (χ3v) is 2.68. The minimum atomic E-state index is -0.338. The largest absolute Gasteiger partial charge is 0.508 e. The van der Waals surface area contributed by atoms with E-state index in [4.69, 9.17) is 4.74 Å². The molecular weight excluding hydrogens is 219 g/mol. The maximum atomic E-state index is 13.8. The highest BCUT2D eigenvalue weighted by atomic mass is 19.1. The lowest BCUT2D eigenvalue weighted by atomic mass is 10.0. The Morgan fingerprint density at radius 2 is 1.88 bits per heavy atom. The Morgan fingerprint density at radius 1 is 1.12 bits per heavy atom. The van der Waals surface area contributed by atoms with Crippen LogP contribution < -0.4 is 4.74 Å². The lowest BCUT2D eigenvalue weighted by Gasteiger charge is -2.07. The smallest absolute Gasteiger partial charge is 0.134 e. The van der Waals surface area contributed by atoms with Crippen LogP contribution in [-0.2, 0) is 0 Å². The van der Waals surface area contributed by atoms with Crippen LogP contribution in [0, 0.1) is 12.7 Å². The van der Waals surface area contributed by atoms with Crippen LogP contribution >= 0.6 is 0 Å². The summed E-state index contributed by atoms with van der Waals surface area (Å²) in [5.74, 6) is 0.360. The van der Waals surface area contributed by atoms with Crippen molar-refractivity contribution in [2.75, 3.05) is 7.11 Å². The molecule has 2 aromatic carbocycles. The molecule has 0 aliphatic rings. The summed E-state index contributed by atoms with van der Waals surface area (Å²) in [6.45, 7) is 1.78. The molecule has 0 unspecified atom stereocenters. The molecule has 0 heterocycles. The van der Waals surface area contributed by atoms with Crippen molar-refractivity contribution < 1.29 is 14.2 Å². The van der Waals surface area contributed by atoms with Crippen LogP contribution in [0.1, 0.15) is 5.56 Å². The monoisotopic (exact) mass is 232 g/mol. The molecule has 17 heavy (non-hydrogen) atoms. The van der Waals surface area contributed by atoms with Gasteiger partial charge in [0.25, 0.3) is 0 Å². The number of hydrogen-bond donors (Lipinski definition) is 1. The maximum Gasteiger partial charge on any atom is 0.134 e. The van der Waals surface area contributed by atoms with Gasteiger partial charge in [-0.2, -0.15) is 0 Å². The summed E-state index contributed by atoms with van der Waals surface area (Å²) in [5.41, 5.74) is 1.95. The number of aromatic hydroxyl groups is 1. The van der Waals surface area contributed by atoms with Gasteiger partial charge in [-0.05, 0) is 42.3 Å². The molecule has 2 nitrogen and oxygen atoms in total. The summed E-state index contributed by atoms with van der Waals surface area (Å²) < 4.78 is 18.8. The third-order valence-electron chi connectivity index (χ3n) is 2.68. The van der Waals surface area contributed by atoms with Crippen molar-refractivity contribution in [2.24, 2.45) is 0 Å². The van der Waals surface area contributed by atoms with Crippen LogP contribution in [0.4, 0.5) is 4.39 Å². The van der Waals surface area contributed by atoms with Gasteiger partial charge >= 0.3 is 0 Å². The predicted molar refractivity (Wildman–Crippen MR) is 64.8 cm³/mol. The topological polar surface area (TPSA) is 29.5 Å². The van der Waals surface area contributed by atoms with Gasteiger partial charge in [-0.25, -0.2) is 4.39 Å². The number of ether oxygens (including phenoxy) is 1. The molecule has 88 valence electrons. The first-order valence-electron chi connectivity index (χ1n) is 5.25. The van der Waals surface area contributed by atoms with Crippen LogP contribution in [0.2, 0.25) is 0 Å². The Hall–Kier alpha value is -2.03. The standard InChI is InChI=1S/C14H13FO2/c1-9-7-10(3-6-14(9)16)12-5-4-11(17-2)8-13(12)15/h3-8,16H,1-2H3. The summed E-state index contributed by atoms with van der Waals surface area (Å²) >= 11 is 0. The maximum absolute atomic E-state index is 13.8. The Labute approximate surface area is 99.3 Å². The lowest BCUT2D eigenvalue weighted by molar-refractivity contribution is 0.411. The van der Waals surface area contributed by atoms with Crippen LogP contribution in [-0.4, -0.2) is 12.2 Å². The van der Waals surface area contributed by atoms with Gasteiger partial charge in [0, 0.05) is 11.6 Å². The summed E-state index contributed by atoms with van der Waals surface area (Å²) in [4.78, 5) is 0. The molecule has 0 aliphatic heterocycles. The second-order valence-electron chi connectivity index (χ2n) is 3.85. The molecule has 0 aliphatic carbocycles. The molecule has 0 aromatic heterocycles. The van der Waals surface area contributed by atoms with Gasteiger partial charge < -0.3 is 9.84 Å². The third kappa shape index (κ3) is 2.23. The number of hydrogen-bond acceptors (Lipinski definition) is 2. The van der Waals surface area contributed by atoms with E-state index in [-0.39, 0.29) is 11.6 Å². The number of phenolic OH excluding ortho intramolecular Hbond substituents is 1. The average Bonchev–Trinajstić information content (AvgIpc) is 2.32. The van der Waals surface area contributed by atoms with Crippen molar-refractivity contribution in [1.29, 1.82) is 0 Å². The van der Waals surface area contributed by atoms with E-state index in [0.29, 0.717) is 11.3 Å². The molecule has 3 heteroatoms. The summed E-state index contributed by atoms with van der Waals surface area (Å²) in [6, 6.07) is 9.72. The van der Waals surface area contributed by atoms with Gasteiger partial charge in [0.2, 0.25) is 0 Å². The number of aryl methyl sites for hydroxylation is 1. The normalized spacial score (nSPS) is 10.3. The van der Waals surface area contributed by atoms with E-state index >= 15 is 0 Å². The summed E-state index contributed by atoms with van der Waals surface area (Å²) in [5, 5.41) is 9.43. The van der Waals surface area contributed by atoms with Gasteiger partial charge in [-0.15, -0.1) is 0 Å². The van der Waals surface area contributed by atoms with Gasteiger partial charge in [0.15, 0.2) is 0 Å². The van der Waals surface area contributed by atoms with E-state index in [0.717, 1.165) is 11.1 Å². The predicted octanol–water partition coefficient (Wildman–Crippen LogP) is 3.52. The van der Waals surface area contributed by atoms with E-state index in [9.17, 15) is 9.50 Å². The number of halogens is 1. The van der Waals surface area contributed by atoms with Crippen LogP contribution in [0.15, 0.2) is 36.4 Å². The summed E-state index contributed by atoms with van der Waals surface area (Å²) in [7, 11) is 1.50. The molecule has 2 rings (SSSR count). The van der Waals surface area contributed by atoms with Gasteiger partial charge in [-0.1, -0.05) is 6.07 Å². The SMILES string of the molecule is COc1ccc(-c2ccc(O)c(C)c2)c(F)c1. The zero-order valence-electron chi connectivity index (χ0n) is 9.70. The number of rotatable bonds is 2. The fraction of sp³-hybridized carbons (Fsp3) is 0.143.